The highest BCUT2D eigenvalue weighted by Crippen LogP contribution is 2.33. The zero-order valence-corrected chi connectivity index (χ0v) is 18.1. The van der Waals surface area contributed by atoms with Crippen LogP contribution in [-0.2, 0) is 22.6 Å². The number of rotatable bonds is 5. The van der Waals surface area contributed by atoms with Gasteiger partial charge in [0.05, 0.1) is 19.5 Å². The van der Waals surface area contributed by atoms with Crippen molar-refractivity contribution in [3.8, 4) is 0 Å². The molecule has 2 amide bonds. The van der Waals surface area contributed by atoms with Crippen LogP contribution in [0.15, 0.2) is 30.3 Å². The number of carbonyl (C=O) groups is 2. The number of amides is 2. The van der Waals surface area contributed by atoms with Crippen LogP contribution in [0.25, 0.3) is 0 Å². The van der Waals surface area contributed by atoms with Gasteiger partial charge in [-0.15, -0.1) is 0 Å². The van der Waals surface area contributed by atoms with E-state index < -0.39 is 0 Å². The second-order valence-corrected chi connectivity index (χ2v) is 8.92. The van der Waals surface area contributed by atoms with Crippen molar-refractivity contribution in [2.24, 2.45) is 0 Å². The Hall–Kier alpha value is -2.80. The lowest BCUT2D eigenvalue weighted by Gasteiger charge is -2.36. The maximum Gasteiger partial charge on any atom is 0.236 e. The largest absolute Gasteiger partial charge is 0.341 e. The average Bonchev–Trinajstić information content (AvgIpc) is 3.04. The summed E-state index contributed by atoms with van der Waals surface area (Å²) in [6, 6.07) is 10.0. The van der Waals surface area contributed by atoms with Crippen LogP contribution < -0.4 is 4.90 Å². The van der Waals surface area contributed by atoms with Gasteiger partial charge < -0.3 is 4.90 Å². The summed E-state index contributed by atoms with van der Waals surface area (Å²) in [5.41, 5.74) is 2.94. The Morgan fingerprint density at radius 1 is 1.10 bits per heavy atom. The van der Waals surface area contributed by atoms with Gasteiger partial charge in [-0.2, -0.15) is 0 Å². The molecule has 0 spiro atoms. The first kappa shape index (κ1) is 20.1. The highest BCUT2D eigenvalue weighted by Gasteiger charge is 2.34. The molecule has 2 fully saturated rings. The molecule has 162 valence electrons. The SMILES string of the molecule is Cc1nc([C@@H]2CCCN(CC(=O)N3CCC3)C2)nc2c1CC(=O)N2Cc1ccccc1. The van der Waals surface area contributed by atoms with Gasteiger partial charge in [-0.25, -0.2) is 9.97 Å². The number of piperidine rings is 1. The molecule has 7 heteroatoms. The zero-order valence-electron chi connectivity index (χ0n) is 18.1. The van der Waals surface area contributed by atoms with Crippen molar-refractivity contribution in [3.05, 3.63) is 53.0 Å². The minimum Gasteiger partial charge on any atom is -0.341 e. The van der Waals surface area contributed by atoms with Crippen LogP contribution in [-0.4, -0.2) is 64.3 Å². The number of nitrogens with zero attached hydrogens (tertiary/aromatic N) is 5. The smallest absolute Gasteiger partial charge is 0.236 e. The maximum atomic E-state index is 12.8. The molecule has 4 heterocycles. The summed E-state index contributed by atoms with van der Waals surface area (Å²) in [7, 11) is 0. The Balaban J connectivity index is 1.35. The van der Waals surface area contributed by atoms with Crippen molar-refractivity contribution in [1.82, 2.24) is 19.8 Å². The van der Waals surface area contributed by atoms with Gasteiger partial charge in [-0.1, -0.05) is 30.3 Å². The second-order valence-electron chi connectivity index (χ2n) is 8.92. The van der Waals surface area contributed by atoms with E-state index in [1.165, 1.54) is 0 Å². The third kappa shape index (κ3) is 4.06. The number of fused-ring (bicyclic) bond motifs is 1. The average molecular weight is 420 g/mol. The number of aryl methyl sites for hydroxylation is 1. The van der Waals surface area contributed by atoms with Crippen LogP contribution in [0.4, 0.5) is 5.82 Å². The summed E-state index contributed by atoms with van der Waals surface area (Å²) in [4.78, 5) is 40.9. The molecule has 0 saturated carbocycles. The fourth-order valence-corrected chi connectivity index (χ4v) is 4.78. The number of benzene rings is 1. The van der Waals surface area contributed by atoms with E-state index in [0.717, 1.165) is 73.9 Å². The maximum absolute atomic E-state index is 12.8. The highest BCUT2D eigenvalue weighted by molar-refractivity contribution is 6.00. The second kappa shape index (κ2) is 8.38. The lowest BCUT2D eigenvalue weighted by Crippen LogP contribution is -2.48. The Morgan fingerprint density at radius 3 is 2.65 bits per heavy atom. The van der Waals surface area contributed by atoms with Crippen molar-refractivity contribution in [2.45, 2.75) is 45.1 Å². The van der Waals surface area contributed by atoms with Gasteiger partial charge in [0.2, 0.25) is 11.8 Å². The Kier molecular flexibility index (Phi) is 5.44. The van der Waals surface area contributed by atoms with E-state index in [-0.39, 0.29) is 17.7 Å². The van der Waals surface area contributed by atoms with E-state index in [1.54, 1.807) is 4.90 Å². The Morgan fingerprint density at radius 2 is 1.90 bits per heavy atom. The first-order chi connectivity index (χ1) is 15.1. The van der Waals surface area contributed by atoms with Crippen LogP contribution in [0.5, 0.6) is 0 Å². The molecule has 2 aromatic rings. The first-order valence-electron chi connectivity index (χ1n) is 11.3. The summed E-state index contributed by atoms with van der Waals surface area (Å²) in [5, 5.41) is 0. The Labute approximate surface area is 183 Å². The van der Waals surface area contributed by atoms with Crippen molar-refractivity contribution < 1.29 is 9.59 Å². The molecule has 5 rings (SSSR count). The normalized spacial score (nSPS) is 21.2. The summed E-state index contributed by atoms with van der Waals surface area (Å²) >= 11 is 0. The number of aromatic nitrogens is 2. The van der Waals surface area contributed by atoms with Crippen LogP contribution in [0.3, 0.4) is 0 Å². The van der Waals surface area contributed by atoms with Crippen LogP contribution in [0, 0.1) is 6.92 Å². The quantitative estimate of drug-likeness (QED) is 0.744. The van der Waals surface area contributed by atoms with Crippen LogP contribution in [0.1, 0.15) is 47.8 Å². The number of anilines is 1. The monoisotopic (exact) mass is 419 g/mol. The molecule has 0 unspecified atom stereocenters. The molecule has 31 heavy (non-hydrogen) atoms. The van der Waals surface area contributed by atoms with Crippen molar-refractivity contribution in [2.75, 3.05) is 37.6 Å². The minimum atomic E-state index is 0.0822. The van der Waals surface area contributed by atoms with Gasteiger partial charge >= 0.3 is 0 Å². The molecule has 0 aliphatic carbocycles. The van der Waals surface area contributed by atoms with Crippen LogP contribution >= 0.6 is 0 Å². The van der Waals surface area contributed by atoms with Gasteiger partial charge in [-0.05, 0) is 38.3 Å². The fourth-order valence-electron chi connectivity index (χ4n) is 4.78. The zero-order chi connectivity index (χ0) is 21.4. The van der Waals surface area contributed by atoms with Gasteiger partial charge in [-0.3, -0.25) is 19.4 Å². The predicted molar refractivity (Wildman–Crippen MR) is 118 cm³/mol. The van der Waals surface area contributed by atoms with Gasteiger partial charge in [0, 0.05) is 36.8 Å². The van der Waals surface area contributed by atoms with Crippen molar-refractivity contribution in [1.29, 1.82) is 0 Å². The van der Waals surface area contributed by atoms with Crippen molar-refractivity contribution in [3.63, 3.8) is 0 Å². The summed E-state index contributed by atoms with van der Waals surface area (Å²) < 4.78 is 0. The summed E-state index contributed by atoms with van der Waals surface area (Å²) in [5.74, 6) is 2.09. The molecule has 3 aliphatic heterocycles. The van der Waals surface area contributed by atoms with E-state index in [2.05, 4.69) is 4.90 Å². The van der Waals surface area contributed by atoms with E-state index in [9.17, 15) is 9.59 Å². The topological polar surface area (TPSA) is 69.6 Å². The van der Waals surface area contributed by atoms with Gasteiger partial charge in [0.25, 0.3) is 0 Å². The third-order valence-electron chi connectivity index (χ3n) is 6.72. The van der Waals surface area contributed by atoms with Crippen LogP contribution in [0.2, 0.25) is 0 Å². The lowest BCUT2D eigenvalue weighted by atomic mass is 9.96. The van der Waals surface area contributed by atoms with Gasteiger partial charge in [0.15, 0.2) is 0 Å². The number of hydrogen-bond donors (Lipinski definition) is 0. The van der Waals surface area contributed by atoms with E-state index in [0.29, 0.717) is 19.5 Å². The van der Waals surface area contributed by atoms with E-state index in [4.69, 9.17) is 9.97 Å². The molecule has 0 N–H and O–H groups in total. The molecular weight excluding hydrogens is 390 g/mol. The standard InChI is InChI=1S/C24H29N5O2/c1-17-20-13-21(30)29(14-18-7-3-2-4-8-18)24(20)26-23(25-17)19-9-5-10-27(15-19)16-22(31)28-11-6-12-28/h2-4,7-8,19H,5-6,9-16H2,1H3/t19-/m1/s1. The molecule has 1 aromatic heterocycles. The number of likely N-dealkylation sites (tertiary alicyclic amines) is 2. The molecule has 0 radical (unpaired) electrons. The lowest BCUT2D eigenvalue weighted by molar-refractivity contribution is -0.136. The molecule has 1 atom stereocenters. The third-order valence-corrected chi connectivity index (χ3v) is 6.72. The van der Waals surface area contributed by atoms with E-state index >= 15 is 0 Å². The molecular formula is C24H29N5O2. The molecule has 0 bridgehead atoms. The van der Waals surface area contributed by atoms with Crippen molar-refractivity contribution >= 4 is 17.6 Å². The van der Waals surface area contributed by atoms with E-state index in [1.807, 2.05) is 42.2 Å². The molecule has 2 saturated heterocycles. The Bertz CT molecular complexity index is 989. The molecule has 7 nitrogen and oxygen atoms in total. The minimum absolute atomic E-state index is 0.0822. The number of carbonyl (C=O) groups excluding carboxylic acids is 2. The summed E-state index contributed by atoms with van der Waals surface area (Å²) in [6.45, 7) is 6.53. The molecule has 3 aliphatic rings. The highest BCUT2D eigenvalue weighted by atomic mass is 16.2. The predicted octanol–water partition coefficient (Wildman–Crippen LogP) is 2.29. The van der Waals surface area contributed by atoms with Gasteiger partial charge in [0.1, 0.15) is 11.6 Å². The summed E-state index contributed by atoms with van der Waals surface area (Å²) in [6.07, 6.45) is 3.54. The number of hydrogen-bond acceptors (Lipinski definition) is 5. The fraction of sp³-hybridized carbons (Fsp3) is 0.500. The first-order valence-corrected chi connectivity index (χ1v) is 11.3. The molecule has 1 aromatic carbocycles.